The zero-order valence-electron chi connectivity index (χ0n) is 12.8. The van der Waals surface area contributed by atoms with Crippen LogP contribution < -0.4 is 4.74 Å². The van der Waals surface area contributed by atoms with Gasteiger partial charge in [0.15, 0.2) is 6.10 Å². The van der Waals surface area contributed by atoms with E-state index in [2.05, 4.69) is 0 Å². The van der Waals surface area contributed by atoms with Crippen molar-refractivity contribution in [3.05, 3.63) is 29.8 Å². The topological polar surface area (TPSA) is 102 Å². The van der Waals surface area contributed by atoms with Crippen molar-refractivity contribution in [2.45, 2.75) is 44.7 Å². The van der Waals surface area contributed by atoms with Gasteiger partial charge in [-0.2, -0.15) is 0 Å². The average molecular weight is 324 g/mol. The van der Waals surface area contributed by atoms with Crippen molar-refractivity contribution in [1.82, 2.24) is 0 Å². The first kappa shape index (κ1) is 17.2. The minimum atomic E-state index is -1.09. The quantitative estimate of drug-likeness (QED) is 0.756. The van der Waals surface area contributed by atoms with Crippen LogP contribution >= 0.6 is 0 Å². The highest BCUT2D eigenvalue weighted by Gasteiger charge is 2.34. The lowest BCUT2D eigenvalue weighted by atomic mass is 10.0. The fraction of sp³-hybridized carbons (Fsp3) is 0.500. The van der Waals surface area contributed by atoms with Crippen LogP contribution in [0.2, 0.25) is 0 Å². The Balaban J connectivity index is 1.86. The molecule has 1 heterocycles. The molecule has 2 N–H and O–H groups in total. The van der Waals surface area contributed by atoms with E-state index in [1.165, 1.54) is 0 Å². The molecule has 1 fully saturated rings. The van der Waals surface area contributed by atoms with E-state index in [0.29, 0.717) is 12.2 Å². The number of carboxylic acid groups (broad SMARTS) is 1. The van der Waals surface area contributed by atoms with Crippen LogP contribution in [0.3, 0.4) is 0 Å². The Morgan fingerprint density at radius 2 is 2.00 bits per heavy atom. The molecule has 1 aliphatic rings. The number of ether oxygens (including phenoxy) is 3. The van der Waals surface area contributed by atoms with E-state index in [0.717, 1.165) is 5.56 Å². The van der Waals surface area contributed by atoms with Crippen molar-refractivity contribution in [2.75, 3.05) is 6.61 Å². The highest BCUT2D eigenvalue weighted by Crippen LogP contribution is 2.21. The zero-order valence-corrected chi connectivity index (χ0v) is 12.8. The minimum Gasteiger partial charge on any atom is -0.485 e. The van der Waals surface area contributed by atoms with Crippen LogP contribution in [0, 0.1) is 0 Å². The number of hydrogen-bond acceptors (Lipinski definition) is 6. The number of esters is 1. The molecule has 0 bridgehead atoms. The van der Waals surface area contributed by atoms with Gasteiger partial charge in [0.2, 0.25) is 0 Å². The molecule has 126 valence electrons. The molecule has 0 amide bonds. The third-order valence-electron chi connectivity index (χ3n) is 3.52. The van der Waals surface area contributed by atoms with Gasteiger partial charge in [0.1, 0.15) is 18.5 Å². The smallest absolute Gasteiger partial charge is 0.332 e. The number of benzene rings is 1. The standard InChI is InChI=1S/C16H20O7/c1-2-15(18)22-8-10-3-5-11(6-4-10)23-14-9-21-13(16(19)20)7-12(14)17/h3-6,12-14,17H,2,7-9H2,1H3,(H,19,20)/t12-,13-,14?/m0/s1. The molecular formula is C16H20O7. The van der Waals surface area contributed by atoms with E-state index >= 15 is 0 Å². The van der Waals surface area contributed by atoms with Crippen LogP contribution in [-0.4, -0.2) is 47.1 Å². The fourth-order valence-electron chi connectivity index (χ4n) is 2.15. The summed E-state index contributed by atoms with van der Waals surface area (Å²) in [7, 11) is 0. The van der Waals surface area contributed by atoms with Crippen molar-refractivity contribution < 1.29 is 34.0 Å². The molecule has 23 heavy (non-hydrogen) atoms. The van der Waals surface area contributed by atoms with E-state index in [1.54, 1.807) is 31.2 Å². The predicted octanol–water partition coefficient (Wildman–Crippen LogP) is 1.12. The van der Waals surface area contributed by atoms with Gasteiger partial charge in [-0.05, 0) is 17.7 Å². The van der Waals surface area contributed by atoms with Crippen molar-refractivity contribution in [1.29, 1.82) is 0 Å². The molecule has 2 rings (SSSR count). The Morgan fingerprint density at radius 1 is 1.30 bits per heavy atom. The monoisotopic (exact) mass is 324 g/mol. The van der Waals surface area contributed by atoms with Crippen molar-refractivity contribution in [2.24, 2.45) is 0 Å². The average Bonchev–Trinajstić information content (AvgIpc) is 2.55. The number of aliphatic carboxylic acids is 1. The Labute approximate surface area is 133 Å². The summed E-state index contributed by atoms with van der Waals surface area (Å²) in [6.07, 6.45) is -2.20. The number of carboxylic acids is 1. The molecule has 1 unspecified atom stereocenters. The normalized spacial score (nSPS) is 24.0. The molecule has 1 aliphatic heterocycles. The molecule has 0 spiro atoms. The van der Waals surface area contributed by atoms with Gasteiger partial charge < -0.3 is 24.4 Å². The third kappa shape index (κ3) is 4.94. The van der Waals surface area contributed by atoms with Crippen molar-refractivity contribution >= 4 is 11.9 Å². The Hall–Kier alpha value is -2.12. The largest absolute Gasteiger partial charge is 0.485 e. The van der Waals surface area contributed by atoms with Gasteiger partial charge in [0, 0.05) is 12.8 Å². The molecule has 0 aromatic heterocycles. The lowest BCUT2D eigenvalue weighted by molar-refractivity contribution is -0.166. The first-order valence-corrected chi connectivity index (χ1v) is 7.43. The van der Waals surface area contributed by atoms with Crippen molar-refractivity contribution in [3.8, 4) is 5.75 Å². The van der Waals surface area contributed by atoms with Gasteiger partial charge in [-0.15, -0.1) is 0 Å². The summed E-state index contributed by atoms with van der Waals surface area (Å²) in [6, 6.07) is 6.92. The fourth-order valence-corrected chi connectivity index (χ4v) is 2.15. The van der Waals surface area contributed by atoms with Gasteiger partial charge in [-0.3, -0.25) is 4.79 Å². The molecule has 1 aromatic rings. The number of carbonyl (C=O) groups is 2. The first-order chi connectivity index (χ1) is 11.0. The van der Waals surface area contributed by atoms with Crippen LogP contribution in [0.25, 0.3) is 0 Å². The number of aliphatic hydroxyl groups is 1. The molecule has 7 nitrogen and oxygen atoms in total. The Morgan fingerprint density at radius 3 is 2.57 bits per heavy atom. The van der Waals surface area contributed by atoms with E-state index in [-0.39, 0.29) is 25.6 Å². The van der Waals surface area contributed by atoms with Gasteiger partial charge in [-0.25, -0.2) is 4.79 Å². The van der Waals surface area contributed by atoms with Gasteiger partial charge in [0.25, 0.3) is 0 Å². The van der Waals surface area contributed by atoms with Crippen LogP contribution in [0.4, 0.5) is 0 Å². The molecular weight excluding hydrogens is 304 g/mol. The van der Waals surface area contributed by atoms with Crippen LogP contribution in [0.15, 0.2) is 24.3 Å². The maximum absolute atomic E-state index is 11.1. The number of hydrogen-bond donors (Lipinski definition) is 2. The van der Waals surface area contributed by atoms with Crippen molar-refractivity contribution in [3.63, 3.8) is 0 Å². The maximum atomic E-state index is 11.1. The first-order valence-electron chi connectivity index (χ1n) is 7.43. The molecule has 0 radical (unpaired) electrons. The summed E-state index contributed by atoms with van der Waals surface area (Å²) >= 11 is 0. The lowest BCUT2D eigenvalue weighted by Gasteiger charge is -2.31. The summed E-state index contributed by atoms with van der Waals surface area (Å²) in [4.78, 5) is 21.9. The molecule has 1 saturated heterocycles. The van der Waals surface area contributed by atoms with Gasteiger partial charge >= 0.3 is 11.9 Å². The second kappa shape index (κ2) is 7.94. The van der Waals surface area contributed by atoms with E-state index < -0.39 is 24.3 Å². The van der Waals surface area contributed by atoms with E-state index in [1.807, 2.05) is 0 Å². The number of rotatable bonds is 6. The van der Waals surface area contributed by atoms with Gasteiger partial charge in [0.05, 0.1) is 12.7 Å². The predicted molar refractivity (Wildman–Crippen MR) is 78.9 cm³/mol. The van der Waals surface area contributed by atoms with E-state index in [4.69, 9.17) is 19.3 Å². The minimum absolute atomic E-state index is 0.00793. The zero-order chi connectivity index (χ0) is 16.8. The second-order valence-electron chi connectivity index (χ2n) is 5.28. The number of carbonyl (C=O) groups excluding carboxylic acids is 1. The van der Waals surface area contributed by atoms with E-state index in [9.17, 15) is 14.7 Å². The summed E-state index contributed by atoms with van der Waals surface area (Å²) in [5, 5.41) is 18.8. The summed E-state index contributed by atoms with van der Waals surface area (Å²) in [5.41, 5.74) is 0.825. The lowest BCUT2D eigenvalue weighted by Crippen LogP contribution is -2.47. The number of aliphatic hydroxyl groups excluding tert-OH is 1. The second-order valence-corrected chi connectivity index (χ2v) is 5.28. The highest BCUT2D eigenvalue weighted by atomic mass is 16.6. The highest BCUT2D eigenvalue weighted by molar-refractivity contribution is 5.72. The molecule has 0 saturated carbocycles. The molecule has 1 aromatic carbocycles. The summed E-state index contributed by atoms with van der Waals surface area (Å²) in [6.45, 7) is 1.93. The SMILES string of the molecule is CCC(=O)OCc1ccc(OC2CO[C@H](C(=O)O)C[C@@H]2O)cc1. The maximum Gasteiger partial charge on any atom is 0.332 e. The molecule has 0 aliphatic carbocycles. The Bertz CT molecular complexity index is 540. The molecule has 7 heteroatoms. The summed E-state index contributed by atoms with van der Waals surface area (Å²) < 4.78 is 15.8. The third-order valence-corrected chi connectivity index (χ3v) is 3.52. The van der Waals surface area contributed by atoms with Crippen LogP contribution in [0.1, 0.15) is 25.3 Å². The Kier molecular flexibility index (Phi) is 5.95. The summed E-state index contributed by atoms with van der Waals surface area (Å²) in [5.74, 6) is -0.828. The molecule has 3 atom stereocenters. The van der Waals surface area contributed by atoms with Crippen LogP contribution in [-0.2, 0) is 25.7 Å². The van der Waals surface area contributed by atoms with Crippen LogP contribution in [0.5, 0.6) is 5.75 Å². The van der Waals surface area contributed by atoms with Gasteiger partial charge in [-0.1, -0.05) is 19.1 Å².